The summed E-state index contributed by atoms with van der Waals surface area (Å²) in [6.45, 7) is 4.82. The highest BCUT2D eigenvalue weighted by molar-refractivity contribution is 6.31. The molecule has 20 heavy (non-hydrogen) atoms. The molecule has 0 aromatic heterocycles. The molecule has 0 unspecified atom stereocenters. The molecule has 1 aliphatic heterocycles. The van der Waals surface area contributed by atoms with Gasteiger partial charge in [-0.05, 0) is 24.6 Å². The first-order chi connectivity index (χ1) is 9.52. The Kier molecular flexibility index (Phi) is 4.57. The number of primary amides is 1. The molecular weight excluding hydrogens is 278 g/mol. The first-order valence-corrected chi connectivity index (χ1v) is 6.93. The largest absolute Gasteiger partial charge is 0.368 e. The van der Waals surface area contributed by atoms with Crippen molar-refractivity contribution in [3.8, 4) is 0 Å². The van der Waals surface area contributed by atoms with Crippen LogP contribution in [0, 0.1) is 6.92 Å². The van der Waals surface area contributed by atoms with Gasteiger partial charge in [-0.2, -0.15) is 0 Å². The monoisotopic (exact) mass is 297 g/mol. The van der Waals surface area contributed by atoms with Crippen LogP contribution in [0.2, 0.25) is 5.02 Å². The van der Waals surface area contributed by atoms with E-state index >= 15 is 0 Å². The summed E-state index contributed by atoms with van der Waals surface area (Å²) < 4.78 is 0. The molecule has 2 amide bonds. The lowest BCUT2D eigenvalue weighted by Gasteiger charge is -2.36. The number of piperazine rings is 1. The van der Waals surface area contributed by atoms with Crippen LogP contribution in [0.3, 0.4) is 0 Å². The molecular formula is C13H20ClN5O. The Morgan fingerprint density at radius 3 is 2.50 bits per heavy atom. The molecule has 6 nitrogen and oxygen atoms in total. The fourth-order valence-electron chi connectivity index (χ4n) is 2.43. The molecule has 1 aromatic rings. The van der Waals surface area contributed by atoms with Gasteiger partial charge in [-0.15, -0.1) is 0 Å². The number of hydrogen-bond acceptors (Lipinski definition) is 4. The quantitative estimate of drug-likeness (QED) is 0.737. The number of urea groups is 1. The molecule has 1 fully saturated rings. The minimum atomic E-state index is -0.356. The molecule has 1 aliphatic rings. The van der Waals surface area contributed by atoms with Crippen molar-refractivity contribution in [1.29, 1.82) is 0 Å². The lowest BCUT2D eigenvalue weighted by Crippen LogP contribution is -2.50. The predicted molar refractivity (Wildman–Crippen MR) is 82.2 cm³/mol. The fourth-order valence-corrected chi connectivity index (χ4v) is 2.64. The maximum absolute atomic E-state index is 11.1. The van der Waals surface area contributed by atoms with Crippen molar-refractivity contribution in [2.75, 3.05) is 43.6 Å². The molecule has 1 heterocycles. The van der Waals surface area contributed by atoms with Gasteiger partial charge in [0.15, 0.2) is 0 Å². The summed E-state index contributed by atoms with van der Waals surface area (Å²) in [5.41, 5.74) is 14.4. The molecule has 0 bridgehead atoms. The summed E-state index contributed by atoms with van der Waals surface area (Å²) in [5, 5.41) is 0.681. The molecule has 0 atom stereocenters. The van der Waals surface area contributed by atoms with E-state index in [1.165, 1.54) is 0 Å². The van der Waals surface area contributed by atoms with E-state index in [4.69, 9.17) is 17.3 Å². The zero-order valence-corrected chi connectivity index (χ0v) is 12.5. The Bertz CT molecular complexity index is 500. The number of hydrazine groups is 1. The summed E-state index contributed by atoms with van der Waals surface area (Å²) in [6.07, 6.45) is 0. The number of amides is 2. The highest BCUT2D eigenvalue weighted by Gasteiger charge is 2.21. The van der Waals surface area contributed by atoms with Crippen LogP contribution in [0.5, 0.6) is 0 Å². The average molecular weight is 298 g/mol. The lowest BCUT2D eigenvalue weighted by atomic mass is 10.1. The van der Waals surface area contributed by atoms with Crippen molar-refractivity contribution < 1.29 is 4.79 Å². The molecule has 0 spiro atoms. The molecule has 110 valence electrons. The van der Waals surface area contributed by atoms with Gasteiger partial charge in [0.1, 0.15) is 0 Å². The minimum Gasteiger partial charge on any atom is -0.368 e. The number of nitrogens with zero attached hydrogens (tertiary/aromatic N) is 2. The van der Waals surface area contributed by atoms with Gasteiger partial charge in [-0.25, -0.2) is 10.2 Å². The van der Waals surface area contributed by atoms with Gasteiger partial charge < -0.3 is 21.0 Å². The van der Waals surface area contributed by atoms with Crippen molar-refractivity contribution in [2.24, 2.45) is 5.73 Å². The van der Waals surface area contributed by atoms with Crippen LogP contribution in [0.25, 0.3) is 0 Å². The van der Waals surface area contributed by atoms with E-state index < -0.39 is 0 Å². The third kappa shape index (κ3) is 3.08. The molecule has 0 radical (unpaired) electrons. The maximum atomic E-state index is 11.1. The summed E-state index contributed by atoms with van der Waals surface area (Å²) in [4.78, 5) is 15.0. The number of rotatable bonds is 3. The molecule has 2 rings (SSSR count). The lowest BCUT2D eigenvalue weighted by molar-refractivity contribution is 0.204. The first kappa shape index (κ1) is 14.7. The van der Waals surface area contributed by atoms with Gasteiger partial charge in [0.05, 0.1) is 5.69 Å². The second-order valence-corrected chi connectivity index (χ2v) is 5.22. The normalized spacial score (nSPS) is 15.3. The third-order valence-corrected chi connectivity index (χ3v) is 3.75. The van der Waals surface area contributed by atoms with E-state index in [1.54, 1.807) is 4.90 Å². The Morgan fingerprint density at radius 1 is 1.30 bits per heavy atom. The summed E-state index contributed by atoms with van der Waals surface area (Å²) in [7, 11) is 1.81. The summed E-state index contributed by atoms with van der Waals surface area (Å²) >= 11 is 6.18. The second kappa shape index (κ2) is 6.19. The van der Waals surface area contributed by atoms with E-state index in [9.17, 15) is 4.79 Å². The molecule has 0 saturated carbocycles. The smallest absolute Gasteiger partial charge is 0.314 e. The SMILES string of the molecule is CNNc1cc(Cl)cc(N2CCN(C(N)=O)CC2)c1C. The summed E-state index contributed by atoms with van der Waals surface area (Å²) in [6, 6.07) is 3.48. The standard InChI is InChI=1S/C13H20ClN5O/c1-9-11(17-16-2)7-10(14)8-12(9)18-3-5-19(6-4-18)13(15)20/h7-8,16-17H,3-6H2,1-2H3,(H2,15,20). The fraction of sp³-hybridized carbons (Fsp3) is 0.462. The third-order valence-electron chi connectivity index (χ3n) is 3.54. The number of nitrogens with two attached hydrogens (primary N) is 1. The zero-order chi connectivity index (χ0) is 14.7. The van der Waals surface area contributed by atoms with Gasteiger partial charge >= 0.3 is 6.03 Å². The number of nitrogens with one attached hydrogen (secondary N) is 2. The van der Waals surface area contributed by atoms with E-state index in [2.05, 4.69) is 15.8 Å². The van der Waals surface area contributed by atoms with E-state index in [1.807, 2.05) is 26.1 Å². The number of halogens is 1. The molecule has 4 N–H and O–H groups in total. The first-order valence-electron chi connectivity index (χ1n) is 6.55. The number of hydrogen-bond donors (Lipinski definition) is 3. The van der Waals surface area contributed by atoms with Crippen molar-refractivity contribution in [3.63, 3.8) is 0 Å². The van der Waals surface area contributed by atoms with Gasteiger partial charge in [-0.3, -0.25) is 0 Å². The highest BCUT2D eigenvalue weighted by Crippen LogP contribution is 2.31. The Hall–Kier alpha value is -1.66. The van der Waals surface area contributed by atoms with Crippen LogP contribution < -0.4 is 21.5 Å². The predicted octanol–water partition coefficient (Wildman–Crippen LogP) is 1.40. The Labute approximate surface area is 123 Å². The van der Waals surface area contributed by atoms with Crippen LogP contribution in [-0.4, -0.2) is 44.2 Å². The topological polar surface area (TPSA) is 73.6 Å². The molecule has 0 aliphatic carbocycles. The number of carbonyl (C=O) groups is 1. The molecule has 7 heteroatoms. The van der Waals surface area contributed by atoms with Gasteiger partial charge in [0.2, 0.25) is 0 Å². The van der Waals surface area contributed by atoms with Crippen molar-refractivity contribution in [1.82, 2.24) is 10.3 Å². The highest BCUT2D eigenvalue weighted by atomic mass is 35.5. The van der Waals surface area contributed by atoms with Crippen LogP contribution in [0.15, 0.2) is 12.1 Å². The van der Waals surface area contributed by atoms with E-state index in [0.717, 1.165) is 30.0 Å². The zero-order valence-electron chi connectivity index (χ0n) is 11.7. The summed E-state index contributed by atoms with van der Waals surface area (Å²) in [5.74, 6) is 0. The van der Waals surface area contributed by atoms with Crippen molar-refractivity contribution >= 4 is 29.0 Å². The van der Waals surface area contributed by atoms with Crippen LogP contribution in [-0.2, 0) is 0 Å². The van der Waals surface area contributed by atoms with Crippen LogP contribution in [0.1, 0.15) is 5.56 Å². The Morgan fingerprint density at radius 2 is 1.95 bits per heavy atom. The second-order valence-electron chi connectivity index (χ2n) is 4.78. The van der Waals surface area contributed by atoms with Gasteiger partial charge in [0, 0.05) is 43.9 Å². The molecule has 1 aromatic carbocycles. The van der Waals surface area contributed by atoms with Crippen molar-refractivity contribution in [3.05, 3.63) is 22.7 Å². The van der Waals surface area contributed by atoms with Crippen LogP contribution in [0.4, 0.5) is 16.2 Å². The van der Waals surface area contributed by atoms with Gasteiger partial charge in [-0.1, -0.05) is 11.6 Å². The number of benzene rings is 1. The van der Waals surface area contributed by atoms with E-state index in [0.29, 0.717) is 18.1 Å². The van der Waals surface area contributed by atoms with Crippen LogP contribution >= 0.6 is 11.6 Å². The van der Waals surface area contributed by atoms with E-state index in [-0.39, 0.29) is 6.03 Å². The number of anilines is 2. The van der Waals surface area contributed by atoms with Crippen molar-refractivity contribution in [2.45, 2.75) is 6.92 Å². The maximum Gasteiger partial charge on any atom is 0.314 e. The number of carbonyl (C=O) groups excluding carboxylic acids is 1. The molecule has 1 saturated heterocycles. The minimum absolute atomic E-state index is 0.356. The van der Waals surface area contributed by atoms with Gasteiger partial charge in [0.25, 0.3) is 0 Å². The average Bonchev–Trinajstić information content (AvgIpc) is 2.43. The Balaban J connectivity index is 2.19.